The summed E-state index contributed by atoms with van der Waals surface area (Å²) in [5.41, 5.74) is 1.04. The molecule has 0 saturated heterocycles. The molecular weight excluding hydrogens is 290 g/mol. The monoisotopic (exact) mass is 305 g/mol. The van der Waals surface area contributed by atoms with E-state index in [1.165, 1.54) is 37.7 Å². The number of rotatable bonds is 0. The van der Waals surface area contributed by atoms with Crippen molar-refractivity contribution in [3.63, 3.8) is 0 Å². The molecule has 0 aliphatic heterocycles. The Bertz CT molecular complexity index is 1130. The summed E-state index contributed by atoms with van der Waals surface area (Å²) in [5, 5.41) is 8.53. The van der Waals surface area contributed by atoms with Gasteiger partial charge in [0.1, 0.15) is 0 Å². The molecule has 6 aromatic rings. The molecule has 112 valence electrons. The van der Waals surface area contributed by atoms with Gasteiger partial charge in [-0.3, -0.25) is 4.98 Å². The summed E-state index contributed by atoms with van der Waals surface area (Å²) in [4.78, 5) is 4.75. The van der Waals surface area contributed by atoms with Gasteiger partial charge in [0.05, 0.1) is 5.52 Å². The number of benzene rings is 3. The van der Waals surface area contributed by atoms with E-state index >= 15 is 0 Å². The lowest BCUT2D eigenvalue weighted by molar-refractivity contribution is 1.43. The van der Waals surface area contributed by atoms with E-state index in [1.807, 2.05) is 12.3 Å². The Labute approximate surface area is 139 Å². The third-order valence-electron chi connectivity index (χ3n) is 4.71. The van der Waals surface area contributed by atoms with Gasteiger partial charge in [-0.05, 0) is 33.0 Å². The maximum Gasteiger partial charge on any atom is 0.0786 e. The smallest absolute Gasteiger partial charge is 0.0786 e. The lowest BCUT2D eigenvalue weighted by Crippen LogP contribution is -1.82. The van der Waals surface area contributed by atoms with Crippen molar-refractivity contribution >= 4 is 43.2 Å². The molecule has 0 fully saturated rings. The quantitative estimate of drug-likeness (QED) is 0.329. The molecule has 1 nitrogen and oxygen atoms in total. The summed E-state index contributed by atoms with van der Waals surface area (Å²) in [7, 11) is 0. The van der Waals surface area contributed by atoms with Crippen molar-refractivity contribution in [2.75, 3.05) is 0 Å². The van der Waals surface area contributed by atoms with Crippen LogP contribution >= 0.6 is 0 Å². The first-order valence-corrected chi connectivity index (χ1v) is 8.16. The van der Waals surface area contributed by atoms with E-state index in [-0.39, 0.29) is 0 Å². The zero-order valence-corrected chi connectivity index (χ0v) is 13.1. The fraction of sp³-hybridized carbons (Fsp3) is 0. The van der Waals surface area contributed by atoms with Gasteiger partial charge in [-0.15, -0.1) is 0 Å². The van der Waals surface area contributed by atoms with E-state index in [0.717, 1.165) is 5.52 Å². The summed E-state index contributed by atoms with van der Waals surface area (Å²) in [6.07, 6.45) is 1.88. The van der Waals surface area contributed by atoms with E-state index in [9.17, 15) is 0 Å². The van der Waals surface area contributed by atoms with Crippen LogP contribution in [0.25, 0.3) is 43.2 Å². The molecule has 6 rings (SSSR count). The third kappa shape index (κ3) is 1.92. The first kappa shape index (κ1) is 13.3. The summed E-state index contributed by atoms with van der Waals surface area (Å²) in [6, 6.07) is 30.1. The number of hydrogen-bond acceptors (Lipinski definition) is 1. The van der Waals surface area contributed by atoms with Crippen molar-refractivity contribution < 1.29 is 0 Å². The largest absolute Gasteiger partial charge is 0.256 e. The highest BCUT2D eigenvalue weighted by atomic mass is 14.6. The van der Waals surface area contributed by atoms with Gasteiger partial charge in [0.2, 0.25) is 0 Å². The Kier molecular flexibility index (Phi) is 2.86. The summed E-state index contributed by atoms with van der Waals surface area (Å²) in [5.74, 6) is 0. The molecule has 0 unspecified atom stereocenters. The van der Waals surface area contributed by atoms with E-state index in [2.05, 4.69) is 78.9 Å². The molecule has 0 saturated carbocycles. The summed E-state index contributed by atoms with van der Waals surface area (Å²) < 4.78 is 0. The van der Waals surface area contributed by atoms with Gasteiger partial charge in [0, 0.05) is 17.0 Å². The molecule has 2 bridgehead atoms. The van der Waals surface area contributed by atoms with Gasteiger partial charge in [-0.2, -0.15) is 0 Å². The minimum Gasteiger partial charge on any atom is -0.256 e. The first-order valence-electron chi connectivity index (χ1n) is 8.16. The van der Waals surface area contributed by atoms with Crippen LogP contribution in [0.4, 0.5) is 0 Å². The van der Waals surface area contributed by atoms with Gasteiger partial charge in [-0.1, -0.05) is 78.9 Å². The average molecular weight is 305 g/mol. The maximum atomic E-state index is 4.75. The highest BCUT2D eigenvalue weighted by Gasteiger charge is 2.04. The zero-order chi connectivity index (χ0) is 15.9. The van der Waals surface area contributed by atoms with Gasteiger partial charge < -0.3 is 0 Å². The lowest BCUT2D eigenvalue weighted by atomic mass is 9.99. The molecule has 5 aromatic carbocycles. The van der Waals surface area contributed by atoms with Crippen molar-refractivity contribution in [1.82, 2.24) is 4.98 Å². The van der Waals surface area contributed by atoms with Crippen LogP contribution in [0.2, 0.25) is 0 Å². The van der Waals surface area contributed by atoms with Crippen LogP contribution in [-0.4, -0.2) is 4.98 Å². The highest BCUT2D eigenvalue weighted by molar-refractivity contribution is 6.18. The Morgan fingerprint density at radius 2 is 0.875 bits per heavy atom. The van der Waals surface area contributed by atoms with E-state index in [1.54, 1.807) is 0 Å². The fourth-order valence-electron chi connectivity index (χ4n) is 3.58. The maximum absolute atomic E-state index is 4.75. The summed E-state index contributed by atoms with van der Waals surface area (Å²) in [6.45, 7) is 0. The Morgan fingerprint density at radius 1 is 0.417 bits per heavy atom. The Morgan fingerprint density at radius 3 is 1.54 bits per heavy atom. The predicted molar refractivity (Wildman–Crippen MR) is 103 cm³/mol. The SMILES string of the molecule is c1ccc2c(c1)c1ccc(cc1)c1ccccc1c1ncccc21. The van der Waals surface area contributed by atoms with E-state index < -0.39 is 0 Å². The van der Waals surface area contributed by atoms with Crippen LogP contribution in [0.5, 0.6) is 0 Å². The van der Waals surface area contributed by atoms with Crippen molar-refractivity contribution in [3.8, 4) is 0 Å². The van der Waals surface area contributed by atoms with Crippen molar-refractivity contribution in [2.45, 2.75) is 0 Å². The average Bonchev–Trinajstić information content (AvgIpc) is 2.68. The molecule has 1 heterocycles. The molecular formula is C23H15N. The van der Waals surface area contributed by atoms with E-state index in [0.29, 0.717) is 0 Å². The van der Waals surface area contributed by atoms with Gasteiger partial charge >= 0.3 is 0 Å². The van der Waals surface area contributed by atoms with Gasteiger partial charge in [-0.25, -0.2) is 0 Å². The third-order valence-corrected chi connectivity index (χ3v) is 4.71. The molecule has 0 radical (unpaired) electrons. The molecule has 0 N–H and O–H groups in total. The number of fused-ring (bicyclic) bond motifs is 2. The van der Waals surface area contributed by atoms with Crippen LogP contribution < -0.4 is 0 Å². The molecule has 0 aliphatic carbocycles. The van der Waals surface area contributed by atoms with Gasteiger partial charge in [0.15, 0.2) is 0 Å². The Hall–Kier alpha value is -3.19. The minimum absolute atomic E-state index is 1.04. The fourth-order valence-corrected chi connectivity index (χ4v) is 3.58. The molecule has 1 heteroatoms. The second kappa shape index (κ2) is 5.17. The summed E-state index contributed by atoms with van der Waals surface area (Å²) >= 11 is 0. The van der Waals surface area contributed by atoms with Crippen LogP contribution in [-0.2, 0) is 0 Å². The first-order chi connectivity index (χ1) is 11.9. The van der Waals surface area contributed by atoms with E-state index in [4.69, 9.17) is 4.98 Å². The molecule has 1 aromatic heterocycles. The van der Waals surface area contributed by atoms with Crippen molar-refractivity contribution in [3.05, 3.63) is 91.1 Å². The molecule has 24 heavy (non-hydrogen) atoms. The number of nitrogens with zero attached hydrogens (tertiary/aromatic N) is 1. The number of hydrogen-bond donors (Lipinski definition) is 0. The second-order valence-electron chi connectivity index (χ2n) is 6.07. The topological polar surface area (TPSA) is 12.9 Å². The lowest BCUT2D eigenvalue weighted by Gasteiger charge is -2.06. The van der Waals surface area contributed by atoms with Gasteiger partial charge in [0.25, 0.3) is 0 Å². The second-order valence-corrected chi connectivity index (χ2v) is 6.07. The zero-order valence-electron chi connectivity index (χ0n) is 13.1. The number of aromatic nitrogens is 1. The van der Waals surface area contributed by atoms with Crippen LogP contribution in [0.3, 0.4) is 0 Å². The number of pyridine rings is 1. The molecule has 0 amide bonds. The highest BCUT2D eigenvalue weighted by Crippen LogP contribution is 2.30. The standard InChI is InChI=1S/C23H15N/c1-3-8-20-18(6-1)16-11-13-17(14-12-16)19-7-2-4-9-21(19)23-22(20)10-5-15-24-23/h1-15H. The predicted octanol–water partition coefficient (Wildman–Crippen LogP) is 6.26. The molecule has 0 spiro atoms. The van der Waals surface area contributed by atoms with Crippen molar-refractivity contribution in [1.29, 1.82) is 0 Å². The van der Waals surface area contributed by atoms with Crippen LogP contribution in [0, 0.1) is 0 Å². The minimum atomic E-state index is 1.04. The molecule has 0 atom stereocenters. The van der Waals surface area contributed by atoms with Crippen LogP contribution in [0.15, 0.2) is 91.1 Å². The Balaban J connectivity index is 2.26. The normalized spacial score (nSPS) is 11.3. The van der Waals surface area contributed by atoms with Crippen LogP contribution in [0.1, 0.15) is 0 Å². The molecule has 0 aliphatic rings. The van der Waals surface area contributed by atoms with Crippen molar-refractivity contribution in [2.24, 2.45) is 0 Å².